The van der Waals surface area contributed by atoms with Crippen molar-refractivity contribution in [1.29, 1.82) is 5.26 Å². The van der Waals surface area contributed by atoms with Crippen LogP contribution in [-0.2, 0) is 0 Å². The van der Waals surface area contributed by atoms with E-state index in [9.17, 15) is 4.79 Å². The molecule has 0 aliphatic heterocycles. The monoisotopic (exact) mass is 275 g/mol. The second-order valence-corrected chi connectivity index (χ2v) is 4.92. The first-order chi connectivity index (χ1) is 10.1. The van der Waals surface area contributed by atoms with E-state index in [-0.39, 0.29) is 5.78 Å². The topological polar surface area (TPSA) is 82.7 Å². The van der Waals surface area contributed by atoms with E-state index in [0.717, 1.165) is 16.5 Å². The van der Waals surface area contributed by atoms with Crippen LogP contribution in [0.2, 0.25) is 0 Å². The summed E-state index contributed by atoms with van der Waals surface area (Å²) in [5, 5.41) is 9.75. The maximum Gasteiger partial charge on any atom is 0.195 e. The zero-order chi connectivity index (χ0) is 15.0. The Hall–Kier alpha value is -3.06. The highest BCUT2D eigenvalue weighted by molar-refractivity contribution is 6.17. The van der Waals surface area contributed by atoms with Gasteiger partial charge in [0.05, 0.1) is 11.6 Å². The van der Waals surface area contributed by atoms with Gasteiger partial charge in [-0.1, -0.05) is 12.1 Å². The van der Waals surface area contributed by atoms with Crippen molar-refractivity contribution in [1.82, 2.24) is 4.98 Å². The molecule has 0 bridgehead atoms. The first-order valence-electron chi connectivity index (χ1n) is 6.53. The standard InChI is InChI=1S/C17H13N3O/c1-10-12(3-2-4-15(10)19)17(21)14-9-20-16-6-5-11(8-18)7-13(14)16/h2-7,9,20H,19H2,1H3. The van der Waals surface area contributed by atoms with Gasteiger partial charge in [0.2, 0.25) is 0 Å². The third-order valence-corrected chi connectivity index (χ3v) is 3.68. The lowest BCUT2D eigenvalue weighted by atomic mass is 9.97. The SMILES string of the molecule is Cc1c(N)cccc1C(=O)c1c[nH]c2ccc(C#N)cc12. The van der Waals surface area contributed by atoms with E-state index in [1.165, 1.54) is 0 Å². The zero-order valence-corrected chi connectivity index (χ0v) is 11.5. The minimum atomic E-state index is -0.0962. The second-order valence-electron chi connectivity index (χ2n) is 4.92. The number of benzene rings is 2. The Morgan fingerprint density at radius 2 is 2.05 bits per heavy atom. The number of ketones is 1. The van der Waals surface area contributed by atoms with Crippen molar-refractivity contribution in [2.24, 2.45) is 0 Å². The highest BCUT2D eigenvalue weighted by atomic mass is 16.1. The lowest BCUT2D eigenvalue weighted by molar-refractivity contribution is 0.104. The Bertz CT molecular complexity index is 900. The van der Waals surface area contributed by atoms with Crippen LogP contribution in [0.4, 0.5) is 5.69 Å². The first-order valence-corrected chi connectivity index (χ1v) is 6.53. The van der Waals surface area contributed by atoms with Crippen LogP contribution in [0.3, 0.4) is 0 Å². The van der Waals surface area contributed by atoms with E-state index in [1.807, 2.05) is 6.92 Å². The van der Waals surface area contributed by atoms with Gasteiger partial charge >= 0.3 is 0 Å². The number of carbonyl (C=O) groups is 1. The molecule has 0 unspecified atom stereocenters. The number of nitrogen functional groups attached to an aromatic ring is 1. The van der Waals surface area contributed by atoms with E-state index in [1.54, 1.807) is 42.6 Å². The number of nitrogens with two attached hydrogens (primary N) is 1. The number of rotatable bonds is 2. The van der Waals surface area contributed by atoms with Gasteiger partial charge in [-0.25, -0.2) is 0 Å². The lowest BCUT2D eigenvalue weighted by Gasteiger charge is -2.06. The van der Waals surface area contributed by atoms with E-state index < -0.39 is 0 Å². The van der Waals surface area contributed by atoms with Crippen LogP contribution in [0.25, 0.3) is 10.9 Å². The lowest BCUT2D eigenvalue weighted by Crippen LogP contribution is -2.05. The summed E-state index contributed by atoms with van der Waals surface area (Å²) in [7, 11) is 0. The van der Waals surface area contributed by atoms with Gasteiger partial charge in [-0.2, -0.15) is 5.26 Å². The van der Waals surface area contributed by atoms with Crippen molar-refractivity contribution < 1.29 is 4.79 Å². The van der Waals surface area contributed by atoms with Crippen molar-refractivity contribution in [2.45, 2.75) is 6.92 Å². The zero-order valence-electron chi connectivity index (χ0n) is 11.5. The van der Waals surface area contributed by atoms with Crippen molar-refractivity contribution >= 4 is 22.4 Å². The van der Waals surface area contributed by atoms with Crippen LogP contribution in [0.15, 0.2) is 42.6 Å². The van der Waals surface area contributed by atoms with Crippen LogP contribution < -0.4 is 5.73 Å². The van der Waals surface area contributed by atoms with Gasteiger partial charge in [0.25, 0.3) is 0 Å². The fraction of sp³-hybridized carbons (Fsp3) is 0.0588. The summed E-state index contributed by atoms with van der Waals surface area (Å²) in [4.78, 5) is 15.8. The first kappa shape index (κ1) is 12.9. The molecule has 0 spiro atoms. The maximum atomic E-state index is 12.7. The summed E-state index contributed by atoms with van der Waals surface area (Å²) in [6.45, 7) is 1.83. The van der Waals surface area contributed by atoms with E-state index in [4.69, 9.17) is 11.0 Å². The summed E-state index contributed by atoms with van der Waals surface area (Å²) in [6, 6.07) is 12.6. The van der Waals surface area contributed by atoms with Gasteiger partial charge < -0.3 is 10.7 Å². The van der Waals surface area contributed by atoms with Gasteiger partial charge in [-0.3, -0.25) is 4.79 Å². The van der Waals surface area contributed by atoms with Gasteiger partial charge in [0.1, 0.15) is 0 Å². The summed E-state index contributed by atoms with van der Waals surface area (Å²) in [5.41, 5.74) is 9.73. The van der Waals surface area contributed by atoms with E-state index in [2.05, 4.69) is 11.1 Å². The third kappa shape index (κ3) is 2.05. The molecule has 0 aliphatic rings. The number of nitriles is 1. The number of aromatic amines is 1. The van der Waals surface area contributed by atoms with E-state index in [0.29, 0.717) is 22.4 Å². The van der Waals surface area contributed by atoms with Gasteiger partial charge in [0, 0.05) is 33.9 Å². The predicted molar refractivity (Wildman–Crippen MR) is 82.0 cm³/mol. The highest BCUT2D eigenvalue weighted by Crippen LogP contribution is 2.25. The Labute approximate surface area is 121 Å². The Kier molecular flexibility index (Phi) is 2.96. The van der Waals surface area contributed by atoms with Gasteiger partial charge in [-0.15, -0.1) is 0 Å². The number of hydrogen-bond donors (Lipinski definition) is 2. The normalized spacial score (nSPS) is 10.5. The molecule has 4 heteroatoms. The summed E-state index contributed by atoms with van der Waals surface area (Å²) < 4.78 is 0. The molecular weight excluding hydrogens is 262 g/mol. The molecule has 0 radical (unpaired) electrons. The molecule has 0 aliphatic carbocycles. The van der Waals surface area contributed by atoms with Crippen LogP contribution in [-0.4, -0.2) is 10.8 Å². The van der Waals surface area contributed by atoms with Gasteiger partial charge in [0.15, 0.2) is 5.78 Å². The molecule has 3 N–H and O–H groups in total. The van der Waals surface area contributed by atoms with Crippen LogP contribution in [0.1, 0.15) is 27.0 Å². The van der Waals surface area contributed by atoms with Crippen LogP contribution in [0.5, 0.6) is 0 Å². The smallest absolute Gasteiger partial charge is 0.195 e. The maximum absolute atomic E-state index is 12.7. The average Bonchev–Trinajstić information content (AvgIpc) is 2.92. The molecule has 2 aromatic carbocycles. The van der Waals surface area contributed by atoms with E-state index >= 15 is 0 Å². The fourth-order valence-corrected chi connectivity index (χ4v) is 2.42. The van der Waals surface area contributed by atoms with Crippen molar-refractivity contribution in [3.63, 3.8) is 0 Å². The minimum absolute atomic E-state index is 0.0962. The Balaban J connectivity index is 2.18. The number of carbonyl (C=O) groups excluding carboxylic acids is 1. The predicted octanol–water partition coefficient (Wildman–Crippen LogP) is 3.16. The molecule has 3 rings (SSSR count). The number of hydrogen-bond acceptors (Lipinski definition) is 3. The van der Waals surface area contributed by atoms with Gasteiger partial charge in [-0.05, 0) is 36.8 Å². The summed E-state index contributed by atoms with van der Waals surface area (Å²) in [6.07, 6.45) is 1.68. The molecular formula is C17H13N3O. The molecule has 1 aromatic heterocycles. The number of nitrogens with zero attached hydrogens (tertiary/aromatic N) is 1. The van der Waals surface area contributed by atoms with Crippen LogP contribution in [0, 0.1) is 18.3 Å². The van der Waals surface area contributed by atoms with Crippen LogP contribution >= 0.6 is 0 Å². The number of nitrogens with one attached hydrogen (secondary N) is 1. The fourth-order valence-electron chi connectivity index (χ4n) is 2.42. The Morgan fingerprint density at radius 1 is 1.24 bits per heavy atom. The number of H-pyrrole nitrogens is 1. The minimum Gasteiger partial charge on any atom is -0.398 e. The second kappa shape index (κ2) is 4.80. The third-order valence-electron chi connectivity index (χ3n) is 3.68. The molecule has 4 nitrogen and oxygen atoms in total. The quantitative estimate of drug-likeness (QED) is 0.556. The summed E-state index contributed by atoms with van der Waals surface area (Å²) in [5.74, 6) is -0.0962. The molecule has 0 saturated heterocycles. The number of fused-ring (bicyclic) bond motifs is 1. The van der Waals surface area contributed by atoms with Crippen molar-refractivity contribution in [2.75, 3.05) is 5.73 Å². The molecule has 1 heterocycles. The molecule has 0 saturated carbocycles. The summed E-state index contributed by atoms with van der Waals surface area (Å²) >= 11 is 0. The number of aromatic nitrogens is 1. The molecule has 3 aromatic rings. The largest absolute Gasteiger partial charge is 0.398 e. The highest BCUT2D eigenvalue weighted by Gasteiger charge is 2.17. The number of anilines is 1. The molecule has 0 fully saturated rings. The molecule has 102 valence electrons. The molecule has 0 amide bonds. The molecule has 21 heavy (non-hydrogen) atoms. The van der Waals surface area contributed by atoms with Crippen molar-refractivity contribution in [3.05, 3.63) is 64.8 Å². The average molecular weight is 275 g/mol. The van der Waals surface area contributed by atoms with Crippen molar-refractivity contribution in [3.8, 4) is 6.07 Å². The Morgan fingerprint density at radius 3 is 2.81 bits per heavy atom. The molecule has 0 atom stereocenters.